The first-order valence-corrected chi connectivity index (χ1v) is 5.66. The quantitative estimate of drug-likeness (QED) is 0.811. The van der Waals surface area contributed by atoms with Crippen LogP contribution in [0.15, 0.2) is 18.2 Å². The van der Waals surface area contributed by atoms with Crippen molar-refractivity contribution in [3.05, 3.63) is 35.4 Å². The molecule has 4 heteroatoms. The van der Waals surface area contributed by atoms with Gasteiger partial charge in [0.25, 0.3) is 0 Å². The number of hydrogen-bond donors (Lipinski definition) is 0. The Morgan fingerprint density at radius 1 is 1.47 bits per heavy atom. The molecular weight excluding hydrogens is 226 g/mol. The molecule has 0 spiro atoms. The third kappa shape index (κ3) is 2.69. The van der Waals surface area contributed by atoms with E-state index in [2.05, 4.69) is 0 Å². The van der Waals surface area contributed by atoms with Gasteiger partial charge in [-0.3, -0.25) is 4.79 Å². The van der Waals surface area contributed by atoms with E-state index in [1.165, 1.54) is 0 Å². The number of carbonyl (C=O) groups excluding carboxylic acids is 1. The molecule has 0 bridgehead atoms. The van der Waals surface area contributed by atoms with Crippen LogP contribution in [0.3, 0.4) is 0 Å². The van der Waals surface area contributed by atoms with Crippen molar-refractivity contribution in [2.24, 2.45) is 5.92 Å². The summed E-state index contributed by atoms with van der Waals surface area (Å²) >= 11 is 0. The smallest absolute Gasteiger partial charge is 0.143 e. The maximum Gasteiger partial charge on any atom is 0.143 e. The van der Waals surface area contributed by atoms with Crippen LogP contribution >= 0.6 is 0 Å². The lowest BCUT2D eigenvalue weighted by molar-refractivity contribution is -0.123. The zero-order chi connectivity index (χ0) is 12.4. The molecule has 0 aliphatic carbocycles. The number of ketones is 1. The van der Waals surface area contributed by atoms with Crippen LogP contribution in [-0.2, 0) is 16.0 Å². The Hall–Kier alpha value is -1.29. The normalized spacial score (nSPS) is 23.9. The second-order valence-electron chi connectivity index (χ2n) is 4.35. The van der Waals surface area contributed by atoms with E-state index >= 15 is 0 Å². The fourth-order valence-corrected chi connectivity index (χ4v) is 2.15. The Morgan fingerprint density at radius 2 is 2.24 bits per heavy atom. The van der Waals surface area contributed by atoms with Gasteiger partial charge in [-0.1, -0.05) is 0 Å². The minimum absolute atomic E-state index is 0.0675. The van der Waals surface area contributed by atoms with Gasteiger partial charge in [0, 0.05) is 18.9 Å². The van der Waals surface area contributed by atoms with E-state index in [1.807, 2.05) is 6.92 Å². The zero-order valence-corrected chi connectivity index (χ0v) is 9.58. The van der Waals surface area contributed by atoms with Gasteiger partial charge >= 0.3 is 0 Å². The Labute approximate surface area is 98.6 Å². The van der Waals surface area contributed by atoms with Crippen molar-refractivity contribution in [3.8, 4) is 0 Å². The topological polar surface area (TPSA) is 26.3 Å². The molecule has 2 rings (SSSR count). The molecule has 2 unspecified atom stereocenters. The first-order chi connectivity index (χ1) is 8.08. The van der Waals surface area contributed by atoms with E-state index in [0.29, 0.717) is 13.0 Å². The van der Waals surface area contributed by atoms with Crippen molar-refractivity contribution in [1.29, 1.82) is 0 Å². The molecule has 0 N–H and O–H groups in total. The second kappa shape index (κ2) is 4.92. The summed E-state index contributed by atoms with van der Waals surface area (Å²) in [6.45, 7) is 2.39. The van der Waals surface area contributed by atoms with Crippen LogP contribution < -0.4 is 0 Å². The number of rotatable bonds is 3. The maximum atomic E-state index is 13.4. The van der Waals surface area contributed by atoms with Crippen molar-refractivity contribution in [2.75, 3.05) is 6.61 Å². The van der Waals surface area contributed by atoms with Crippen molar-refractivity contribution >= 4 is 5.78 Å². The molecule has 17 heavy (non-hydrogen) atoms. The van der Waals surface area contributed by atoms with Crippen LogP contribution in [-0.4, -0.2) is 18.5 Å². The van der Waals surface area contributed by atoms with Crippen molar-refractivity contribution < 1.29 is 18.3 Å². The van der Waals surface area contributed by atoms with Crippen LogP contribution in [0.1, 0.15) is 18.9 Å². The highest BCUT2D eigenvalue weighted by atomic mass is 19.1. The summed E-state index contributed by atoms with van der Waals surface area (Å²) in [7, 11) is 0. The van der Waals surface area contributed by atoms with E-state index < -0.39 is 11.6 Å². The average Bonchev–Trinajstić information content (AvgIpc) is 2.70. The van der Waals surface area contributed by atoms with Crippen LogP contribution in [0, 0.1) is 17.6 Å². The predicted octanol–water partition coefficient (Wildman–Crippen LogP) is 2.50. The molecule has 1 aliphatic heterocycles. The molecule has 0 amide bonds. The third-order valence-corrected chi connectivity index (χ3v) is 3.16. The molecule has 1 aromatic rings. The van der Waals surface area contributed by atoms with Gasteiger partial charge in [0.1, 0.15) is 17.4 Å². The lowest BCUT2D eigenvalue weighted by atomic mass is 9.93. The monoisotopic (exact) mass is 240 g/mol. The number of Topliss-reactive ketones (excluding diaryl/α,β-unsaturated/α-hetero) is 1. The molecule has 2 atom stereocenters. The fourth-order valence-electron chi connectivity index (χ4n) is 2.15. The van der Waals surface area contributed by atoms with Crippen molar-refractivity contribution in [3.63, 3.8) is 0 Å². The number of benzene rings is 1. The molecular formula is C13H14F2O2. The van der Waals surface area contributed by atoms with Gasteiger partial charge in [-0.2, -0.15) is 0 Å². The first-order valence-electron chi connectivity index (χ1n) is 5.66. The molecule has 2 nitrogen and oxygen atoms in total. The predicted molar refractivity (Wildman–Crippen MR) is 58.6 cm³/mol. The fraction of sp³-hybridized carbons (Fsp3) is 0.462. The van der Waals surface area contributed by atoms with Gasteiger partial charge in [0.15, 0.2) is 0 Å². The van der Waals surface area contributed by atoms with Crippen LogP contribution in [0.4, 0.5) is 8.78 Å². The molecule has 92 valence electrons. The van der Waals surface area contributed by atoms with Crippen molar-refractivity contribution in [2.45, 2.75) is 25.9 Å². The van der Waals surface area contributed by atoms with E-state index in [0.717, 1.165) is 18.2 Å². The van der Waals surface area contributed by atoms with E-state index in [1.54, 1.807) is 0 Å². The molecule has 0 radical (unpaired) electrons. The van der Waals surface area contributed by atoms with Crippen molar-refractivity contribution in [1.82, 2.24) is 0 Å². The minimum Gasteiger partial charge on any atom is -0.378 e. The Balaban J connectivity index is 2.10. The maximum absolute atomic E-state index is 13.4. The van der Waals surface area contributed by atoms with Crippen LogP contribution in [0.2, 0.25) is 0 Å². The third-order valence-electron chi connectivity index (χ3n) is 3.16. The van der Waals surface area contributed by atoms with E-state index in [9.17, 15) is 13.6 Å². The zero-order valence-electron chi connectivity index (χ0n) is 9.58. The van der Waals surface area contributed by atoms with E-state index in [4.69, 9.17) is 4.74 Å². The summed E-state index contributed by atoms with van der Waals surface area (Å²) in [4.78, 5) is 11.9. The molecule has 1 saturated heterocycles. The largest absolute Gasteiger partial charge is 0.378 e. The summed E-state index contributed by atoms with van der Waals surface area (Å²) in [6.07, 6.45) is 0.470. The minimum atomic E-state index is -0.536. The van der Waals surface area contributed by atoms with E-state index in [-0.39, 0.29) is 29.8 Å². The lowest BCUT2D eigenvalue weighted by Gasteiger charge is -2.12. The first kappa shape index (κ1) is 12.2. The number of halogens is 2. The van der Waals surface area contributed by atoms with Gasteiger partial charge in [-0.15, -0.1) is 0 Å². The number of ether oxygens (including phenoxy) is 1. The van der Waals surface area contributed by atoms with Crippen LogP contribution in [0.5, 0.6) is 0 Å². The lowest BCUT2D eigenvalue weighted by Crippen LogP contribution is -2.23. The molecule has 1 heterocycles. The molecule has 1 aliphatic rings. The summed E-state index contributed by atoms with van der Waals surface area (Å²) in [6, 6.07) is 3.17. The Kier molecular flexibility index (Phi) is 3.52. The van der Waals surface area contributed by atoms with Gasteiger partial charge in [-0.25, -0.2) is 8.78 Å². The highest BCUT2D eigenvalue weighted by Gasteiger charge is 2.30. The van der Waals surface area contributed by atoms with Gasteiger partial charge in [0.05, 0.1) is 6.10 Å². The SMILES string of the molecule is CC1OCCC1C(=O)Cc1cc(F)ccc1F. The number of hydrogen-bond acceptors (Lipinski definition) is 2. The summed E-state index contributed by atoms with van der Waals surface area (Å²) < 4.78 is 31.6. The van der Waals surface area contributed by atoms with Gasteiger partial charge < -0.3 is 4.74 Å². The summed E-state index contributed by atoms with van der Waals surface area (Å²) in [5.41, 5.74) is 0.120. The number of carbonyl (C=O) groups is 1. The highest BCUT2D eigenvalue weighted by molar-refractivity contribution is 5.84. The molecule has 1 aromatic carbocycles. The average molecular weight is 240 g/mol. The standard InChI is InChI=1S/C13H14F2O2/c1-8-11(4-5-17-8)13(16)7-9-6-10(14)2-3-12(9)15/h2-3,6,8,11H,4-5,7H2,1H3. The summed E-state index contributed by atoms with van der Waals surface area (Å²) in [5, 5.41) is 0. The van der Waals surface area contributed by atoms with Crippen LogP contribution in [0.25, 0.3) is 0 Å². The molecule has 0 saturated carbocycles. The van der Waals surface area contributed by atoms with Gasteiger partial charge in [-0.05, 0) is 37.1 Å². The highest BCUT2D eigenvalue weighted by Crippen LogP contribution is 2.23. The second-order valence-corrected chi connectivity index (χ2v) is 4.35. The Morgan fingerprint density at radius 3 is 2.88 bits per heavy atom. The van der Waals surface area contributed by atoms with Gasteiger partial charge in [0.2, 0.25) is 0 Å². The summed E-state index contributed by atoms with van der Waals surface area (Å²) in [5.74, 6) is -1.34. The molecule has 0 aromatic heterocycles. The Bertz CT molecular complexity index is 431. The molecule has 1 fully saturated rings.